The Morgan fingerprint density at radius 2 is 1.56 bits per heavy atom. The lowest BCUT2D eigenvalue weighted by Gasteiger charge is -2.32. The van der Waals surface area contributed by atoms with Crippen LogP contribution in [0.3, 0.4) is 0 Å². The molecule has 0 saturated carbocycles. The van der Waals surface area contributed by atoms with Crippen molar-refractivity contribution in [2.24, 2.45) is 0 Å². The fourth-order valence-corrected chi connectivity index (χ4v) is 1.93. The molecule has 0 aromatic rings. The van der Waals surface area contributed by atoms with E-state index in [4.69, 9.17) is 9.31 Å². The lowest BCUT2D eigenvalue weighted by molar-refractivity contribution is 0.00578. The van der Waals surface area contributed by atoms with E-state index in [-0.39, 0.29) is 18.3 Å². The summed E-state index contributed by atoms with van der Waals surface area (Å²) >= 11 is 0. The van der Waals surface area contributed by atoms with Gasteiger partial charge in [0, 0.05) is 6.54 Å². The predicted octanol–water partition coefficient (Wildman–Crippen LogP) is 0.628. The van der Waals surface area contributed by atoms with Gasteiger partial charge >= 0.3 is 7.12 Å². The third-order valence-corrected chi connectivity index (χ3v) is 3.77. The second-order valence-corrected chi connectivity index (χ2v) is 6.97. The van der Waals surface area contributed by atoms with E-state index in [0.29, 0.717) is 12.9 Å². The molecule has 1 heterocycles. The summed E-state index contributed by atoms with van der Waals surface area (Å²) in [5, 5.41) is 0. The lowest BCUT2D eigenvalue weighted by atomic mass is 9.85. The quantitative estimate of drug-likeness (QED) is 0.742. The number of nitrogens with one attached hydrogen (secondary N) is 1. The van der Waals surface area contributed by atoms with Gasteiger partial charge in [-0.05, 0) is 34.0 Å². The molecule has 1 aliphatic rings. The van der Waals surface area contributed by atoms with Crippen LogP contribution in [0.25, 0.3) is 0 Å². The van der Waals surface area contributed by atoms with Crippen molar-refractivity contribution in [2.75, 3.05) is 12.8 Å². The first-order valence-electron chi connectivity index (χ1n) is 5.34. The molecule has 1 aliphatic heterocycles. The molecule has 0 aliphatic carbocycles. The summed E-state index contributed by atoms with van der Waals surface area (Å²) in [5.41, 5.74) is -0.717. The zero-order valence-corrected chi connectivity index (χ0v) is 11.3. The molecule has 1 fully saturated rings. The molecule has 0 aromatic heterocycles. The van der Waals surface area contributed by atoms with Gasteiger partial charge in [0.15, 0.2) is 0 Å². The van der Waals surface area contributed by atoms with E-state index in [1.165, 1.54) is 0 Å². The smallest absolute Gasteiger partial charge is 0.403 e. The van der Waals surface area contributed by atoms with Crippen molar-refractivity contribution in [3.8, 4) is 0 Å². The van der Waals surface area contributed by atoms with Crippen molar-refractivity contribution >= 4 is 17.1 Å². The highest BCUT2D eigenvalue weighted by Gasteiger charge is 2.50. The minimum Gasteiger partial charge on any atom is -0.403 e. The average Bonchev–Trinajstić information content (AvgIpc) is 2.17. The Balaban J connectivity index is 2.43. The summed E-state index contributed by atoms with van der Waals surface area (Å²) in [6.45, 7) is 8.21. The van der Waals surface area contributed by atoms with Crippen LogP contribution in [0.2, 0.25) is 6.32 Å². The highest BCUT2D eigenvalue weighted by molar-refractivity contribution is 7.88. The van der Waals surface area contributed by atoms with Crippen LogP contribution in [0, 0.1) is 0 Å². The molecule has 1 saturated heterocycles. The predicted molar refractivity (Wildman–Crippen MR) is 63.7 cm³/mol. The summed E-state index contributed by atoms with van der Waals surface area (Å²) < 4.78 is 35.6. The monoisotopic (exact) mass is 249 g/mol. The topological polar surface area (TPSA) is 64.6 Å². The average molecular weight is 249 g/mol. The van der Waals surface area contributed by atoms with Gasteiger partial charge in [-0.1, -0.05) is 0 Å². The maximum Gasteiger partial charge on any atom is 0.459 e. The van der Waals surface area contributed by atoms with Gasteiger partial charge in [0.2, 0.25) is 10.0 Å². The molecule has 0 aromatic carbocycles. The van der Waals surface area contributed by atoms with Crippen molar-refractivity contribution in [3.05, 3.63) is 0 Å². The molecule has 5 nitrogen and oxygen atoms in total. The minimum absolute atomic E-state index is 0.329. The van der Waals surface area contributed by atoms with Gasteiger partial charge in [-0.15, -0.1) is 0 Å². The SMILES string of the molecule is CC1(C)OB(CCNS(C)(=O)=O)OC1(C)C. The van der Waals surface area contributed by atoms with E-state index in [2.05, 4.69) is 4.72 Å². The Labute approximate surface area is 98.1 Å². The van der Waals surface area contributed by atoms with Crippen LogP contribution in [0.15, 0.2) is 0 Å². The molecule has 16 heavy (non-hydrogen) atoms. The van der Waals surface area contributed by atoms with Gasteiger partial charge in [0.1, 0.15) is 0 Å². The molecule has 0 atom stereocenters. The molecule has 1 N–H and O–H groups in total. The maximum atomic E-state index is 10.9. The van der Waals surface area contributed by atoms with Gasteiger partial charge < -0.3 is 9.31 Å². The Morgan fingerprint density at radius 3 is 1.94 bits per heavy atom. The van der Waals surface area contributed by atoms with E-state index in [1.807, 2.05) is 27.7 Å². The normalized spacial score (nSPS) is 23.7. The zero-order chi connectivity index (χ0) is 12.6. The first kappa shape index (κ1) is 14.0. The molecule has 1 rings (SSSR count). The van der Waals surface area contributed by atoms with Crippen molar-refractivity contribution in [3.63, 3.8) is 0 Å². The van der Waals surface area contributed by atoms with E-state index in [9.17, 15) is 8.42 Å². The molecule has 0 amide bonds. The second-order valence-electron chi connectivity index (χ2n) is 5.14. The second kappa shape index (κ2) is 4.29. The first-order chi connectivity index (χ1) is 7.04. The van der Waals surface area contributed by atoms with Crippen LogP contribution in [0.5, 0.6) is 0 Å². The van der Waals surface area contributed by atoms with Crippen molar-refractivity contribution in [1.82, 2.24) is 4.72 Å². The fourth-order valence-electron chi connectivity index (χ4n) is 1.45. The first-order valence-corrected chi connectivity index (χ1v) is 7.23. The Bertz CT molecular complexity index is 337. The minimum atomic E-state index is -3.13. The summed E-state index contributed by atoms with van der Waals surface area (Å²) in [4.78, 5) is 0. The highest BCUT2D eigenvalue weighted by Crippen LogP contribution is 2.37. The van der Waals surface area contributed by atoms with Crippen LogP contribution in [0.4, 0.5) is 0 Å². The standard InChI is InChI=1S/C9H20BNO4S/c1-8(2)9(3,4)15-10(14-8)6-7-11-16(5,12)13/h11H,6-7H2,1-5H3. The van der Waals surface area contributed by atoms with E-state index >= 15 is 0 Å². The van der Waals surface area contributed by atoms with E-state index < -0.39 is 10.0 Å². The van der Waals surface area contributed by atoms with Crippen molar-refractivity contribution in [2.45, 2.75) is 45.2 Å². The van der Waals surface area contributed by atoms with Crippen LogP contribution in [0.1, 0.15) is 27.7 Å². The number of hydrogen-bond donors (Lipinski definition) is 1. The lowest BCUT2D eigenvalue weighted by Crippen LogP contribution is -2.41. The molecular formula is C9H20BNO4S. The van der Waals surface area contributed by atoms with Gasteiger partial charge in [-0.2, -0.15) is 0 Å². The van der Waals surface area contributed by atoms with Crippen LogP contribution in [-0.2, 0) is 19.3 Å². The fraction of sp³-hybridized carbons (Fsp3) is 1.00. The molecule has 94 valence electrons. The highest BCUT2D eigenvalue weighted by atomic mass is 32.2. The Kier molecular flexibility index (Phi) is 3.74. The summed E-state index contributed by atoms with van der Waals surface area (Å²) in [5.74, 6) is 0. The Morgan fingerprint density at radius 1 is 1.12 bits per heavy atom. The third kappa shape index (κ3) is 3.45. The number of sulfonamides is 1. The number of hydrogen-bond acceptors (Lipinski definition) is 4. The van der Waals surface area contributed by atoms with Gasteiger partial charge in [0.05, 0.1) is 17.5 Å². The molecular weight excluding hydrogens is 229 g/mol. The zero-order valence-electron chi connectivity index (χ0n) is 10.5. The summed E-state index contributed by atoms with van der Waals surface area (Å²) in [6.07, 6.45) is 1.65. The van der Waals surface area contributed by atoms with E-state index in [0.717, 1.165) is 6.26 Å². The van der Waals surface area contributed by atoms with Crippen LogP contribution < -0.4 is 4.72 Å². The van der Waals surface area contributed by atoms with Crippen LogP contribution >= 0.6 is 0 Å². The van der Waals surface area contributed by atoms with E-state index in [1.54, 1.807) is 0 Å². The van der Waals surface area contributed by atoms with Crippen molar-refractivity contribution < 1.29 is 17.7 Å². The number of rotatable bonds is 4. The summed E-state index contributed by atoms with van der Waals surface area (Å²) in [7, 11) is -3.48. The molecule has 0 radical (unpaired) electrons. The molecule has 0 bridgehead atoms. The van der Waals surface area contributed by atoms with Crippen LogP contribution in [-0.4, -0.2) is 39.5 Å². The molecule has 0 spiro atoms. The van der Waals surface area contributed by atoms with Gasteiger partial charge in [-0.3, -0.25) is 0 Å². The Hall–Kier alpha value is -0.105. The van der Waals surface area contributed by atoms with Gasteiger partial charge in [-0.25, -0.2) is 13.1 Å². The maximum absolute atomic E-state index is 10.9. The van der Waals surface area contributed by atoms with Crippen molar-refractivity contribution in [1.29, 1.82) is 0 Å². The molecule has 7 heteroatoms. The van der Waals surface area contributed by atoms with Gasteiger partial charge in [0.25, 0.3) is 0 Å². The summed E-state index contributed by atoms with van der Waals surface area (Å²) in [6, 6.07) is 0. The third-order valence-electron chi connectivity index (χ3n) is 3.05. The molecule has 0 unspecified atom stereocenters. The largest absolute Gasteiger partial charge is 0.459 e.